The Balaban J connectivity index is -0.00000157. The first kappa shape index (κ1) is 34.5. The summed E-state index contributed by atoms with van der Waals surface area (Å²) in [5.74, 6) is 0.788. The monoisotopic (exact) mass is 553 g/mol. The van der Waals surface area contributed by atoms with Crippen molar-refractivity contribution in [3.63, 3.8) is 0 Å². The molecule has 10 heteroatoms. The van der Waals surface area contributed by atoms with Crippen LogP contribution in [-0.4, -0.2) is 31.7 Å². The summed E-state index contributed by atoms with van der Waals surface area (Å²) in [4.78, 5) is 6.94. The number of anilines is 1. The summed E-state index contributed by atoms with van der Waals surface area (Å²) in [6.07, 6.45) is 0.505. The van der Waals surface area contributed by atoms with E-state index < -0.39 is 0 Å². The molecule has 31 heavy (non-hydrogen) atoms. The maximum atomic E-state index is 8.85. The quantitative estimate of drug-likeness (QED) is 0.178. The van der Waals surface area contributed by atoms with Crippen LogP contribution in [0.1, 0.15) is 25.8 Å². The minimum Gasteiger partial charge on any atom is -1.00 e. The van der Waals surface area contributed by atoms with Crippen molar-refractivity contribution in [3.8, 4) is 17.5 Å². The van der Waals surface area contributed by atoms with E-state index in [2.05, 4.69) is 55.5 Å². The summed E-state index contributed by atoms with van der Waals surface area (Å²) >= 11 is 0. The van der Waals surface area contributed by atoms with Gasteiger partial charge in [0.25, 0.3) is 0 Å². The first-order chi connectivity index (χ1) is 12.6. The first-order valence-corrected chi connectivity index (χ1v) is 9.08. The molecule has 0 aromatic heterocycles. The van der Waals surface area contributed by atoms with E-state index in [-0.39, 0.29) is 69.1 Å². The van der Waals surface area contributed by atoms with Crippen LogP contribution in [0.3, 0.4) is 0 Å². The number of aromatic nitrogens is 1. The molecule has 2 aliphatic rings. The van der Waals surface area contributed by atoms with E-state index in [0.717, 1.165) is 46.7 Å². The van der Waals surface area contributed by atoms with Gasteiger partial charge in [-0.3, -0.25) is 0 Å². The Morgan fingerprint density at radius 2 is 1.77 bits per heavy atom. The van der Waals surface area contributed by atoms with Gasteiger partial charge < -0.3 is 58.9 Å². The van der Waals surface area contributed by atoms with Gasteiger partial charge in [-0.1, -0.05) is 0 Å². The van der Waals surface area contributed by atoms with Gasteiger partial charge in [0.1, 0.15) is 24.8 Å². The van der Waals surface area contributed by atoms with E-state index >= 15 is 0 Å². The van der Waals surface area contributed by atoms with Gasteiger partial charge in [-0.05, 0) is 39.0 Å². The van der Waals surface area contributed by atoms with E-state index in [1.54, 1.807) is 0 Å². The average molecular weight is 557 g/mol. The number of hydrogen-bond donors (Lipinski definition) is 0. The molecule has 1 aliphatic heterocycles. The molecular weight excluding hydrogens is 531 g/mol. The number of benzene rings is 2. The Bertz CT molecular complexity index is 1040. The second-order valence-electron chi connectivity index (χ2n) is 6.47. The van der Waals surface area contributed by atoms with E-state index in [4.69, 9.17) is 14.7 Å². The predicted molar refractivity (Wildman–Crippen MR) is 105 cm³/mol. The van der Waals surface area contributed by atoms with Crippen LogP contribution in [-0.2, 0) is 19.5 Å². The molecule has 1 aromatic carbocycles. The largest absolute Gasteiger partial charge is 2.00 e. The Morgan fingerprint density at radius 1 is 1.10 bits per heavy atom. The molecule has 0 radical (unpaired) electrons. The molecule has 0 saturated carbocycles. The molecular formula is C21H25Cl4N4OZn-. The summed E-state index contributed by atoms with van der Waals surface area (Å²) < 4.78 is 8.40. The number of rotatable bonds is 5. The van der Waals surface area contributed by atoms with Gasteiger partial charge in [-0.2, -0.15) is 5.26 Å². The fraction of sp³-hybridized carbons (Fsp3) is 0.381. The predicted octanol–water partition coefficient (Wildman–Crippen LogP) is -8.58. The van der Waals surface area contributed by atoms with Crippen molar-refractivity contribution in [1.82, 2.24) is 9.56 Å². The maximum absolute atomic E-state index is 8.85. The van der Waals surface area contributed by atoms with Crippen molar-refractivity contribution in [1.29, 1.82) is 5.26 Å². The molecule has 3 rings (SSSR count). The molecule has 0 saturated heterocycles. The summed E-state index contributed by atoms with van der Waals surface area (Å²) in [6, 6.07) is 12.4. The fourth-order valence-electron chi connectivity index (χ4n) is 3.19. The molecule has 1 heterocycles. The van der Waals surface area contributed by atoms with Gasteiger partial charge in [-0.25, -0.2) is 9.56 Å². The van der Waals surface area contributed by atoms with E-state index in [0.29, 0.717) is 13.0 Å². The summed E-state index contributed by atoms with van der Waals surface area (Å²) in [5.41, 5.74) is 4.72. The minimum absolute atomic E-state index is 0. The number of hydrogen-bond acceptors (Lipinski definition) is 4. The summed E-state index contributed by atoms with van der Waals surface area (Å²) in [6.45, 7) is 8.81. The van der Waals surface area contributed by atoms with Crippen molar-refractivity contribution in [3.05, 3.63) is 41.3 Å². The smallest absolute Gasteiger partial charge is 1.00 e. The molecule has 5 nitrogen and oxygen atoms in total. The Hall–Kier alpha value is -1.09. The molecule has 0 bridgehead atoms. The molecule has 0 spiro atoms. The standard InChI is InChI=1S/C21H25N4O.4ClH.Zn/c1-5-24(4)19-14-21-18(12-15(19)3)23-17-9-8-16(13-20(17)26-21)25(6-2)11-7-10-22;;;;;/h8-9,12-14H,5-7,11H2,1-4H3;4*1H;/q+1;;;;;+2/p-4. The van der Waals surface area contributed by atoms with Crippen molar-refractivity contribution in [2.75, 3.05) is 31.6 Å². The number of halogens is 4. The van der Waals surface area contributed by atoms with Gasteiger partial charge in [-0.15, -0.1) is 0 Å². The zero-order valence-corrected chi connectivity index (χ0v) is 24.1. The molecule has 1 aromatic rings. The molecule has 1 aliphatic carbocycles. The van der Waals surface area contributed by atoms with Crippen LogP contribution in [0.4, 0.5) is 5.69 Å². The second-order valence-corrected chi connectivity index (χ2v) is 6.47. The zero-order chi connectivity index (χ0) is 18.7. The topological polar surface area (TPSA) is 56.1 Å². The van der Waals surface area contributed by atoms with Crippen LogP contribution in [0.5, 0.6) is 0 Å². The summed E-state index contributed by atoms with van der Waals surface area (Å²) in [7, 11) is 2.08. The molecule has 0 unspecified atom stereocenters. The van der Waals surface area contributed by atoms with Crippen LogP contribution in [0.25, 0.3) is 22.6 Å². The zero-order valence-electron chi connectivity index (χ0n) is 18.1. The second kappa shape index (κ2) is 15.7. The SMILES string of the molecule is CCN(CCC#N)c1ccc2nc3cc(C)c(=[N+](C)CC)cc-3oc2c1.[Cl-].[Cl-].[Cl-].[Cl-].[Zn+2]. The van der Waals surface area contributed by atoms with Gasteiger partial charge in [0.2, 0.25) is 5.36 Å². The fourth-order valence-corrected chi connectivity index (χ4v) is 3.19. The Labute approximate surface area is 221 Å². The molecule has 166 valence electrons. The third-order valence-corrected chi connectivity index (χ3v) is 4.81. The Morgan fingerprint density at radius 3 is 2.35 bits per heavy atom. The average Bonchev–Trinajstić information content (AvgIpc) is 2.66. The molecule has 0 N–H and O–H groups in total. The van der Waals surface area contributed by atoms with Crippen molar-refractivity contribution >= 4 is 16.8 Å². The first-order valence-electron chi connectivity index (χ1n) is 9.08. The van der Waals surface area contributed by atoms with Crippen LogP contribution in [0.2, 0.25) is 0 Å². The van der Waals surface area contributed by atoms with E-state index in [1.807, 2.05) is 18.2 Å². The van der Waals surface area contributed by atoms with Crippen molar-refractivity contribution in [2.24, 2.45) is 0 Å². The molecule has 0 atom stereocenters. The van der Waals surface area contributed by atoms with Gasteiger partial charge in [0.05, 0.1) is 18.6 Å². The maximum Gasteiger partial charge on any atom is 2.00 e. The number of fused-ring (bicyclic) bond motifs is 2. The van der Waals surface area contributed by atoms with E-state index in [9.17, 15) is 0 Å². The normalized spacial score (nSPS) is 10.3. The number of nitrogens with zero attached hydrogens (tertiary/aromatic N) is 4. The third-order valence-electron chi connectivity index (χ3n) is 4.81. The number of aryl methyl sites for hydroxylation is 1. The van der Waals surface area contributed by atoms with Gasteiger partial charge in [0, 0.05) is 30.4 Å². The van der Waals surface area contributed by atoms with Crippen molar-refractivity contribution in [2.45, 2.75) is 27.2 Å². The summed E-state index contributed by atoms with van der Waals surface area (Å²) in [5, 5.41) is 10.0. The Kier molecular flexibility index (Phi) is 17.5. The molecule has 0 fully saturated rings. The van der Waals surface area contributed by atoms with Crippen LogP contribution >= 0.6 is 0 Å². The third kappa shape index (κ3) is 7.77. The van der Waals surface area contributed by atoms with Crippen molar-refractivity contribution < 1.29 is 73.5 Å². The minimum atomic E-state index is 0. The molecule has 0 amide bonds. The van der Waals surface area contributed by atoms with Crippen LogP contribution < -0.4 is 64.5 Å². The number of nitriles is 1. The van der Waals surface area contributed by atoms with Gasteiger partial charge >= 0.3 is 19.5 Å². The van der Waals surface area contributed by atoms with Crippen LogP contribution in [0.15, 0.2) is 34.7 Å². The van der Waals surface area contributed by atoms with E-state index in [1.165, 1.54) is 5.56 Å². The van der Waals surface area contributed by atoms with Gasteiger partial charge in [0.15, 0.2) is 11.3 Å². The van der Waals surface area contributed by atoms with Crippen LogP contribution in [0, 0.1) is 18.3 Å².